The number of ketones is 1. The summed E-state index contributed by atoms with van der Waals surface area (Å²) in [5.41, 5.74) is 0.475. The molecule has 0 unspecified atom stereocenters. The normalized spacial score (nSPS) is 11.0. The highest BCUT2D eigenvalue weighted by Crippen LogP contribution is 2.24. The molecule has 0 N–H and O–H groups in total. The minimum absolute atomic E-state index is 0.102. The molecule has 1 aromatic carbocycles. The summed E-state index contributed by atoms with van der Waals surface area (Å²) in [6.45, 7) is 5.19. The molecule has 0 spiro atoms. The Morgan fingerprint density at radius 2 is 2.00 bits per heavy atom. The summed E-state index contributed by atoms with van der Waals surface area (Å²) < 4.78 is 4.82. The Bertz CT molecular complexity index is 548. The van der Waals surface area contributed by atoms with Crippen LogP contribution in [0.15, 0.2) is 36.4 Å². The average molecular weight is 299 g/mol. The first kappa shape index (κ1) is 15.5. The second-order valence-electron chi connectivity index (χ2n) is 3.52. The van der Waals surface area contributed by atoms with Crippen LogP contribution in [0.3, 0.4) is 0 Å². The van der Waals surface area contributed by atoms with Crippen molar-refractivity contribution in [2.24, 2.45) is 0 Å². The van der Waals surface area contributed by atoms with Crippen LogP contribution in [0.2, 0.25) is 10.0 Å². The van der Waals surface area contributed by atoms with Gasteiger partial charge in [-0.15, -0.1) is 0 Å². The molecule has 0 saturated carbocycles. The maximum atomic E-state index is 11.7. The molecular weight excluding hydrogens is 287 g/mol. The van der Waals surface area contributed by atoms with E-state index in [-0.39, 0.29) is 12.2 Å². The third-order valence-electron chi connectivity index (χ3n) is 2.20. The summed E-state index contributed by atoms with van der Waals surface area (Å²) >= 11 is 11.7. The number of esters is 1. The minimum atomic E-state index is -0.696. The van der Waals surface area contributed by atoms with Crippen LogP contribution in [0.1, 0.15) is 12.5 Å². The number of ether oxygens (including phenoxy) is 1. The van der Waals surface area contributed by atoms with E-state index in [0.717, 1.165) is 6.08 Å². The van der Waals surface area contributed by atoms with Crippen molar-refractivity contribution in [3.05, 3.63) is 52.0 Å². The van der Waals surface area contributed by atoms with Crippen molar-refractivity contribution < 1.29 is 14.3 Å². The third kappa shape index (κ3) is 4.23. The smallest absolute Gasteiger partial charge is 0.342 e. The maximum Gasteiger partial charge on any atom is 0.342 e. The molecule has 0 fully saturated rings. The van der Waals surface area contributed by atoms with Crippen LogP contribution < -0.4 is 0 Å². The molecule has 0 bridgehead atoms. The van der Waals surface area contributed by atoms with Gasteiger partial charge < -0.3 is 4.74 Å². The van der Waals surface area contributed by atoms with Gasteiger partial charge in [0.2, 0.25) is 0 Å². The van der Waals surface area contributed by atoms with Gasteiger partial charge in [-0.25, -0.2) is 4.79 Å². The zero-order valence-electron chi connectivity index (χ0n) is 10.3. The van der Waals surface area contributed by atoms with E-state index in [1.807, 2.05) is 0 Å². The van der Waals surface area contributed by atoms with Gasteiger partial charge in [-0.2, -0.15) is 0 Å². The molecule has 3 nitrogen and oxygen atoms in total. The van der Waals surface area contributed by atoms with Crippen molar-refractivity contribution in [3.8, 4) is 0 Å². The molecule has 1 aromatic rings. The Balaban J connectivity index is 3.19. The van der Waals surface area contributed by atoms with Gasteiger partial charge in [-0.1, -0.05) is 35.8 Å². The highest BCUT2D eigenvalue weighted by atomic mass is 35.5. The van der Waals surface area contributed by atoms with Crippen molar-refractivity contribution in [1.29, 1.82) is 0 Å². The molecule has 100 valence electrons. The van der Waals surface area contributed by atoms with Gasteiger partial charge in [0.25, 0.3) is 0 Å². The predicted molar refractivity (Wildman–Crippen MR) is 76.3 cm³/mol. The summed E-state index contributed by atoms with van der Waals surface area (Å²) in [6, 6.07) is 4.78. The fraction of sp³-hybridized carbons (Fsp3) is 0.143. The first-order valence-electron chi connectivity index (χ1n) is 5.50. The Labute approximate surface area is 121 Å². The average Bonchev–Trinajstić information content (AvgIpc) is 2.39. The van der Waals surface area contributed by atoms with Crippen LogP contribution in [0.25, 0.3) is 6.08 Å². The fourth-order valence-electron chi connectivity index (χ4n) is 1.32. The molecule has 0 aliphatic heterocycles. The lowest BCUT2D eigenvalue weighted by atomic mass is 10.1. The number of rotatable bonds is 5. The van der Waals surface area contributed by atoms with E-state index < -0.39 is 11.8 Å². The van der Waals surface area contributed by atoms with Gasteiger partial charge in [0.1, 0.15) is 5.57 Å². The fourth-order valence-corrected chi connectivity index (χ4v) is 1.62. The van der Waals surface area contributed by atoms with Gasteiger partial charge in [0.05, 0.1) is 16.7 Å². The molecule has 1 rings (SSSR count). The largest absolute Gasteiger partial charge is 0.462 e. The summed E-state index contributed by atoms with van der Waals surface area (Å²) in [5.74, 6) is -1.21. The van der Waals surface area contributed by atoms with E-state index in [4.69, 9.17) is 27.9 Å². The van der Waals surface area contributed by atoms with Gasteiger partial charge in [0.15, 0.2) is 5.78 Å². The van der Waals surface area contributed by atoms with E-state index >= 15 is 0 Å². The molecule has 0 atom stereocenters. The molecule has 0 heterocycles. The van der Waals surface area contributed by atoms with E-state index in [1.54, 1.807) is 25.1 Å². The monoisotopic (exact) mass is 298 g/mol. The lowest BCUT2D eigenvalue weighted by molar-refractivity contribution is -0.139. The second kappa shape index (κ2) is 7.12. The Hall–Kier alpha value is -1.58. The number of benzene rings is 1. The number of hydrogen-bond donors (Lipinski definition) is 0. The summed E-state index contributed by atoms with van der Waals surface area (Å²) in [7, 11) is 0. The molecular formula is C14H12Cl2O3. The highest BCUT2D eigenvalue weighted by Gasteiger charge is 2.17. The van der Waals surface area contributed by atoms with Crippen molar-refractivity contribution in [2.75, 3.05) is 6.61 Å². The van der Waals surface area contributed by atoms with Gasteiger partial charge >= 0.3 is 5.97 Å². The Morgan fingerprint density at radius 3 is 2.53 bits per heavy atom. The SMILES string of the molecule is C=CC(=O)/C(=C/c1ccc(Cl)c(Cl)c1)C(=O)OCC. The minimum Gasteiger partial charge on any atom is -0.462 e. The first-order chi connectivity index (χ1) is 8.99. The Kier molecular flexibility index (Phi) is 5.80. The molecule has 0 amide bonds. The lowest BCUT2D eigenvalue weighted by Crippen LogP contribution is -2.14. The number of hydrogen-bond acceptors (Lipinski definition) is 3. The summed E-state index contributed by atoms with van der Waals surface area (Å²) in [6.07, 6.45) is 2.45. The molecule has 0 radical (unpaired) electrons. The van der Waals surface area contributed by atoms with Crippen molar-refractivity contribution in [2.45, 2.75) is 6.92 Å². The quantitative estimate of drug-likeness (QED) is 0.360. The van der Waals surface area contributed by atoms with E-state index in [0.29, 0.717) is 15.6 Å². The topological polar surface area (TPSA) is 43.4 Å². The van der Waals surface area contributed by atoms with Crippen molar-refractivity contribution >= 4 is 41.0 Å². The standard InChI is InChI=1S/C14H12Cl2O3/c1-3-13(17)10(14(18)19-4-2)7-9-5-6-11(15)12(16)8-9/h3,5-8H,1,4H2,2H3/b10-7-. The van der Waals surface area contributed by atoms with Crippen LogP contribution in [-0.4, -0.2) is 18.4 Å². The number of carbonyl (C=O) groups is 2. The summed E-state index contributed by atoms with van der Waals surface area (Å²) in [5, 5.41) is 0.733. The first-order valence-corrected chi connectivity index (χ1v) is 6.25. The lowest BCUT2D eigenvalue weighted by Gasteiger charge is -2.04. The van der Waals surface area contributed by atoms with Crippen LogP contribution in [-0.2, 0) is 14.3 Å². The molecule has 0 saturated heterocycles. The molecule has 0 aromatic heterocycles. The predicted octanol–water partition coefficient (Wildman–Crippen LogP) is 3.70. The van der Waals surface area contributed by atoms with Crippen molar-refractivity contribution in [1.82, 2.24) is 0 Å². The van der Waals surface area contributed by atoms with Gasteiger partial charge in [-0.3, -0.25) is 4.79 Å². The third-order valence-corrected chi connectivity index (χ3v) is 2.94. The maximum absolute atomic E-state index is 11.7. The number of carbonyl (C=O) groups excluding carboxylic acids is 2. The van der Waals surface area contributed by atoms with Crippen LogP contribution in [0.4, 0.5) is 0 Å². The second-order valence-corrected chi connectivity index (χ2v) is 4.33. The number of allylic oxidation sites excluding steroid dienone is 1. The molecule has 0 aliphatic carbocycles. The zero-order valence-corrected chi connectivity index (χ0v) is 11.8. The van der Waals surface area contributed by atoms with Gasteiger partial charge in [-0.05, 0) is 36.8 Å². The van der Waals surface area contributed by atoms with Crippen LogP contribution >= 0.6 is 23.2 Å². The van der Waals surface area contributed by atoms with E-state index in [2.05, 4.69) is 6.58 Å². The van der Waals surface area contributed by atoms with Crippen molar-refractivity contribution in [3.63, 3.8) is 0 Å². The summed E-state index contributed by atoms with van der Waals surface area (Å²) in [4.78, 5) is 23.3. The molecule has 5 heteroatoms. The zero-order chi connectivity index (χ0) is 14.4. The molecule has 0 aliphatic rings. The number of halogens is 2. The van der Waals surface area contributed by atoms with Crippen LogP contribution in [0, 0.1) is 0 Å². The van der Waals surface area contributed by atoms with Crippen LogP contribution in [0.5, 0.6) is 0 Å². The van der Waals surface area contributed by atoms with E-state index in [1.165, 1.54) is 6.08 Å². The molecule has 19 heavy (non-hydrogen) atoms. The highest BCUT2D eigenvalue weighted by molar-refractivity contribution is 6.42. The van der Waals surface area contributed by atoms with Gasteiger partial charge in [0, 0.05) is 0 Å². The van der Waals surface area contributed by atoms with E-state index in [9.17, 15) is 9.59 Å². The Morgan fingerprint density at radius 1 is 1.32 bits per heavy atom.